The minimum absolute atomic E-state index is 0.186. The summed E-state index contributed by atoms with van der Waals surface area (Å²) < 4.78 is 5.69. The van der Waals surface area contributed by atoms with Gasteiger partial charge in [-0.15, -0.1) is 0 Å². The summed E-state index contributed by atoms with van der Waals surface area (Å²) >= 11 is 0. The molecule has 3 rings (SSSR count). The highest BCUT2D eigenvalue weighted by molar-refractivity contribution is 5.69. The van der Waals surface area contributed by atoms with Crippen molar-refractivity contribution < 1.29 is 14.3 Å². The van der Waals surface area contributed by atoms with Crippen molar-refractivity contribution >= 4 is 5.97 Å². The normalized spacial score (nSPS) is 24.5. The van der Waals surface area contributed by atoms with Gasteiger partial charge in [-0.2, -0.15) is 0 Å². The lowest BCUT2D eigenvalue weighted by Crippen LogP contribution is -2.54. The number of aliphatic carboxylic acids is 1. The largest absolute Gasteiger partial charge is 0.480 e. The molecule has 0 aromatic carbocycles. The average molecular weight is 306 g/mol. The predicted octanol–water partition coefficient (Wildman–Crippen LogP) is 2.26. The fourth-order valence-corrected chi connectivity index (χ4v) is 3.15. The summed E-state index contributed by atoms with van der Waals surface area (Å²) in [5.74, 6) is 2.04. The van der Waals surface area contributed by atoms with Gasteiger partial charge in [0.25, 0.3) is 0 Å². The molecule has 0 aliphatic heterocycles. The zero-order valence-corrected chi connectivity index (χ0v) is 13.3. The fraction of sp³-hybridized carbons (Fsp3) is 0.706. The summed E-state index contributed by atoms with van der Waals surface area (Å²) in [5, 5.41) is 12.6. The van der Waals surface area contributed by atoms with Gasteiger partial charge in [0.1, 0.15) is 11.5 Å². The van der Waals surface area contributed by atoms with E-state index < -0.39 is 5.97 Å². The van der Waals surface area contributed by atoms with Crippen LogP contribution >= 0.6 is 0 Å². The highest BCUT2D eigenvalue weighted by Gasteiger charge is 2.36. The van der Waals surface area contributed by atoms with Gasteiger partial charge in [0.15, 0.2) is 0 Å². The summed E-state index contributed by atoms with van der Waals surface area (Å²) in [6.07, 6.45) is 5.55. The summed E-state index contributed by atoms with van der Waals surface area (Å²) in [5.41, 5.74) is 0. The van der Waals surface area contributed by atoms with E-state index in [1.807, 2.05) is 12.1 Å². The lowest BCUT2D eigenvalue weighted by atomic mass is 9.85. The van der Waals surface area contributed by atoms with Gasteiger partial charge in [-0.3, -0.25) is 9.69 Å². The highest BCUT2D eigenvalue weighted by Crippen LogP contribution is 2.33. The number of rotatable bonds is 9. The van der Waals surface area contributed by atoms with Gasteiger partial charge in [0.05, 0.1) is 13.1 Å². The van der Waals surface area contributed by atoms with Crippen LogP contribution in [0.15, 0.2) is 16.5 Å². The van der Waals surface area contributed by atoms with Gasteiger partial charge in [-0.25, -0.2) is 0 Å². The highest BCUT2D eigenvalue weighted by atomic mass is 16.4. The van der Waals surface area contributed by atoms with Crippen LogP contribution in [0.25, 0.3) is 0 Å². The first-order chi connectivity index (χ1) is 10.6. The smallest absolute Gasteiger partial charge is 0.317 e. The quantitative estimate of drug-likeness (QED) is 0.732. The second-order valence-electron chi connectivity index (χ2n) is 6.69. The van der Waals surface area contributed by atoms with Crippen molar-refractivity contribution in [2.24, 2.45) is 5.92 Å². The molecule has 2 aliphatic carbocycles. The number of carbonyl (C=O) groups is 1. The Hall–Kier alpha value is -1.33. The molecule has 122 valence electrons. The molecule has 0 bridgehead atoms. The van der Waals surface area contributed by atoms with Crippen molar-refractivity contribution in [3.8, 4) is 0 Å². The van der Waals surface area contributed by atoms with E-state index in [1.54, 1.807) is 0 Å². The molecule has 1 heterocycles. The molecule has 0 amide bonds. The number of carboxylic acids is 1. The van der Waals surface area contributed by atoms with Crippen molar-refractivity contribution in [1.29, 1.82) is 0 Å². The van der Waals surface area contributed by atoms with E-state index in [2.05, 4.69) is 17.1 Å². The number of hydrogen-bond donors (Lipinski definition) is 2. The maximum atomic E-state index is 11.0. The molecule has 0 saturated heterocycles. The van der Waals surface area contributed by atoms with Crippen LogP contribution in [0.3, 0.4) is 0 Å². The Balaban J connectivity index is 1.40. The summed E-state index contributed by atoms with van der Waals surface area (Å²) in [4.78, 5) is 13.2. The van der Waals surface area contributed by atoms with Crippen LogP contribution in [0.2, 0.25) is 0 Å². The van der Waals surface area contributed by atoms with Crippen LogP contribution in [0.1, 0.15) is 44.1 Å². The second kappa shape index (κ2) is 6.84. The summed E-state index contributed by atoms with van der Waals surface area (Å²) in [6, 6.07) is 4.98. The number of nitrogens with zero attached hydrogens (tertiary/aromatic N) is 1. The molecule has 0 atom stereocenters. The minimum atomic E-state index is -0.709. The van der Waals surface area contributed by atoms with Crippen molar-refractivity contribution in [2.75, 3.05) is 13.1 Å². The maximum Gasteiger partial charge on any atom is 0.317 e. The van der Waals surface area contributed by atoms with E-state index in [1.165, 1.54) is 12.8 Å². The number of furan rings is 1. The van der Waals surface area contributed by atoms with E-state index >= 15 is 0 Å². The van der Waals surface area contributed by atoms with Gasteiger partial charge in [-0.1, -0.05) is 6.92 Å². The van der Waals surface area contributed by atoms with Crippen LogP contribution in [-0.4, -0.2) is 41.1 Å². The molecule has 2 saturated carbocycles. The molecule has 5 nitrogen and oxygen atoms in total. The number of carboxylic acid groups (broad SMARTS) is 1. The molecule has 1 aromatic heterocycles. The topological polar surface area (TPSA) is 65.7 Å². The van der Waals surface area contributed by atoms with Crippen LogP contribution in [0.5, 0.6) is 0 Å². The SMILES string of the molecule is CCc1ccc(CNC2CC(N(CC(=O)O)CC3CC3)C2)o1. The molecule has 2 N–H and O–H groups in total. The van der Waals surface area contributed by atoms with Crippen LogP contribution in [0, 0.1) is 5.92 Å². The van der Waals surface area contributed by atoms with Gasteiger partial charge in [0, 0.05) is 25.0 Å². The molecule has 0 radical (unpaired) electrons. The lowest BCUT2D eigenvalue weighted by molar-refractivity contribution is -0.139. The van der Waals surface area contributed by atoms with Crippen LogP contribution in [0.4, 0.5) is 0 Å². The molecule has 0 spiro atoms. The zero-order valence-electron chi connectivity index (χ0n) is 13.3. The molecular weight excluding hydrogens is 280 g/mol. The summed E-state index contributed by atoms with van der Waals surface area (Å²) in [7, 11) is 0. The van der Waals surface area contributed by atoms with Gasteiger partial charge >= 0.3 is 5.97 Å². The number of hydrogen-bond acceptors (Lipinski definition) is 4. The first-order valence-electron chi connectivity index (χ1n) is 8.41. The van der Waals surface area contributed by atoms with E-state index in [4.69, 9.17) is 9.52 Å². The van der Waals surface area contributed by atoms with Crippen molar-refractivity contribution in [3.63, 3.8) is 0 Å². The molecule has 0 unspecified atom stereocenters. The van der Waals surface area contributed by atoms with Crippen molar-refractivity contribution in [2.45, 2.75) is 57.7 Å². The summed E-state index contributed by atoms with van der Waals surface area (Å²) in [6.45, 7) is 4.00. The van der Waals surface area contributed by atoms with Crippen molar-refractivity contribution in [1.82, 2.24) is 10.2 Å². The third-order valence-corrected chi connectivity index (χ3v) is 4.79. The van der Waals surface area contributed by atoms with E-state index in [9.17, 15) is 4.79 Å². The molecule has 22 heavy (non-hydrogen) atoms. The predicted molar refractivity (Wildman–Crippen MR) is 83.7 cm³/mol. The van der Waals surface area contributed by atoms with Crippen LogP contribution < -0.4 is 5.32 Å². The molecule has 2 fully saturated rings. The number of nitrogens with one attached hydrogen (secondary N) is 1. The van der Waals surface area contributed by atoms with Gasteiger partial charge < -0.3 is 14.8 Å². The lowest BCUT2D eigenvalue weighted by Gasteiger charge is -2.42. The van der Waals surface area contributed by atoms with E-state index in [0.717, 1.165) is 49.8 Å². The molecule has 5 heteroatoms. The Bertz CT molecular complexity index is 504. The fourth-order valence-electron chi connectivity index (χ4n) is 3.15. The Labute approximate surface area is 131 Å². The number of aryl methyl sites for hydroxylation is 1. The third kappa shape index (κ3) is 4.11. The van der Waals surface area contributed by atoms with Crippen molar-refractivity contribution in [3.05, 3.63) is 23.7 Å². The average Bonchev–Trinajstić information content (AvgIpc) is 3.12. The molecule has 1 aromatic rings. The minimum Gasteiger partial charge on any atom is -0.480 e. The molecule has 2 aliphatic rings. The third-order valence-electron chi connectivity index (χ3n) is 4.79. The van der Waals surface area contributed by atoms with E-state index in [0.29, 0.717) is 12.1 Å². The molecular formula is C17H26N2O3. The van der Waals surface area contributed by atoms with Crippen LogP contribution in [-0.2, 0) is 17.8 Å². The Morgan fingerprint density at radius 3 is 2.68 bits per heavy atom. The zero-order chi connectivity index (χ0) is 15.5. The Kier molecular flexibility index (Phi) is 4.84. The maximum absolute atomic E-state index is 11.0. The van der Waals surface area contributed by atoms with Gasteiger partial charge in [0.2, 0.25) is 0 Å². The first-order valence-corrected chi connectivity index (χ1v) is 8.41. The Morgan fingerprint density at radius 2 is 2.09 bits per heavy atom. The second-order valence-corrected chi connectivity index (χ2v) is 6.69. The first kappa shape index (κ1) is 15.6. The van der Waals surface area contributed by atoms with Gasteiger partial charge in [-0.05, 0) is 43.7 Å². The van der Waals surface area contributed by atoms with E-state index in [-0.39, 0.29) is 6.54 Å². The standard InChI is InChI=1S/C17H26N2O3/c1-2-15-5-6-16(22-15)9-18-13-7-14(8-13)19(11-17(20)21)10-12-3-4-12/h5-6,12-14,18H,2-4,7-11H2,1H3,(H,20,21). The monoisotopic (exact) mass is 306 g/mol. The Morgan fingerprint density at radius 1 is 1.36 bits per heavy atom.